The van der Waals surface area contributed by atoms with Gasteiger partial charge in [-0.05, 0) is 20.4 Å². The third-order valence-electron chi connectivity index (χ3n) is 2.57. The van der Waals surface area contributed by atoms with E-state index in [0.717, 1.165) is 0 Å². The maximum Gasteiger partial charge on any atom is 0.0674 e. The number of hydrogen-bond acceptors (Lipinski definition) is 2. The molecule has 1 rings (SSSR count). The highest BCUT2D eigenvalue weighted by atomic mass is 127. The number of rotatable bonds is 2. The lowest BCUT2D eigenvalue weighted by atomic mass is 10.2. The second-order valence-electron chi connectivity index (χ2n) is 3.83. The molecule has 3 heteroatoms. The van der Waals surface area contributed by atoms with E-state index in [0.29, 0.717) is 3.55 Å². The van der Waals surface area contributed by atoms with Crippen molar-refractivity contribution in [1.82, 2.24) is 9.80 Å². The summed E-state index contributed by atoms with van der Waals surface area (Å²) in [6, 6.07) is 0. The van der Waals surface area contributed by atoms with Crippen LogP contribution in [-0.4, -0.2) is 46.1 Å². The van der Waals surface area contributed by atoms with E-state index in [2.05, 4.69) is 53.2 Å². The summed E-state index contributed by atoms with van der Waals surface area (Å²) in [5.74, 6) is 0. The Labute approximate surface area is 89.4 Å². The predicted molar refractivity (Wildman–Crippen MR) is 61.8 cm³/mol. The van der Waals surface area contributed by atoms with Gasteiger partial charge in [0.25, 0.3) is 0 Å². The van der Waals surface area contributed by atoms with Crippen molar-refractivity contribution in [2.24, 2.45) is 0 Å². The summed E-state index contributed by atoms with van der Waals surface area (Å²) >= 11 is 2.52. The summed E-state index contributed by atoms with van der Waals surface area (Å²) in [4.78, 5) is 5.07. The summed E-state index contributed by atoms with van der Waals surface area (Å²) in [7, 11) is 0. The van der Waals surface area contributed by atoms with Gasteiger partial charge >= 0.3 is 0 Å². The number of halogens is 1. The molecule has 1 aliphatic heterocycles. The van der Waals surface area contributed by atoms with E-state index in [1.54, 1.807) is 0 Å². The fourth-order valence-corrected chi connectivity index (χ4v) is 2.08. The molecule has 12 heavy (non-hydrogen) atoms. The van der Waals surface area contributed by atoms with Gasteiger partial charge in [-0.25, -0.2) is 0 Å². The molecule has 0 amide bonds. The molecule has 0 radical (unpaired) electrons. The van der Waals surface area contributed by atoms with Gasteiger partial charge in [-0.3, -0.25) is 4.90 Å². The average molecular weight is 282 g/mol. The number of hydrogen-bond donors (Lipinski definition) is 0. The van der Waals surface area contributed by atoms with E-state index in [1.165, 1.54) is 32.7 Å². The van der Waals surface area contributed by atoms with E-state index >= 15 is 0 Å². The molecule has 0 bridgehead atoms. The molecule has 0 aromatic carbocycles. The van der Waals surface area contributed by atoms with Crippen molar-refractivity contribution in [2.75, 3.05) is 32.7 Å². The smallest absolute Gasteiger partial charge is 0.0674 e. The highest BCUT2D eigenvalue weighted by molar-refractivity contribution is 14.1. The molecule has 2 nitrogen and oxygen atoms in total. The van der Waals surface area contributed by atoms with Crippen molar-refractivity contribution in [2.45, 2.75) is 24.3 Å². The maximum absolute atomic E-state index is 2.56. The van der Waals surface area contributed by atoms with Crippen molar-refractivity contribution in [3.05, 3.63) is 0 Å². The molecular weight excluding hydrogens is 263 g/mol. The third kappa shape index (κ3) is 2.85. The van der Waals surface area contributed by atoms with Crippen LogP contribution >= 0.6 is 22.6 Å². The van der Waals surface area contributed by atoms with Gasteiger partial charge in [0, 0.05) is 26.2 Å². The van der Waals surface area contributed by atoms with Crippen LogP contribution in [0, 0.1) is 0 Å². The normalized spacial score (nSPS) is 23.0. The van der Waals surface area contributed by atoms with Crippen LogP contribution in [0.25, 0.3) is 0 Å². The molecule has 72 valence electrons. The Morgan fingerprint density at radius 2 is 1.67 bits per heavy atom. The van der Waals surface area contributed by atoms with Crippen molar-refractivity contribution < 1.29 is 0 Å². The zero-order valence-corrected chi connectivity index (χ0v) is 10.5. The van der Waals surface area contributed by atoms with Crippen molar-refractivity contribution in [1.29, 1.82) is 0 Å². The molecule has 0 aliphatic carbocycles. The Kier molecular flexibility index (Phi) is 3.79. The minimum Gasteiger partial charge on any atom is -0.301 e. The van der Waals surface area contributed by atoms with Crippen molar-refractivity contribution in [3.8, 4) is 0 Å². The van der Waals surface area contributed by atoms with Gasteiger partial charge in [0.05, 0.1) is 3.55 Å². The zero-order chi connectivity index (χ0) is 9.19. The van der Waals surface area contributed by atoms with Crippen molar-refractivity contribution in [3.63, 3.8) is 0 Å². The van der Waals surface area contributed by atoms with Crippen molar-refractivity contribution >= 4 is 22.6 Å². The molecule has 0 atom stereocenters. The predicted octanol–water partition coefficient (Wildman–Crippen LogP) is 1.79. The van der Waals surface area contributed by atoms with Gasteiger partial charge < -0.3 is 4.90 Å². The minimum atomic E-state index is 0.331. The lowest BCUT2D eigenvalue weighted by Gasteiger charge is -2.40. The van der Waals surface area contributed by atoms with E-state index in [1.807, 2.05) is 0 Å². The molecule has 0 saturated carbocycles. The molecule has 0 spiro atoms. The van der Waals surface area contributed by atoms with Crippen LogP contribution in [0.2, 0.25) is 0 Å². The quantitative estimate of drug-likeness (QED) is 0.433. The van der Waals surface area contributed by atoms with Gasteiger partial charge in [0.15, 0.2) is 0 Å². The summed E-state index contributed by atoms with van der Waals surface area (Å²) in [6.07, 6.45) is 0. The maximum atomic E-state index is 2.56. The van der Waals surface area contributed by atoms with Gasteiger partial charge in [0.2, 0.25) is 0 Å². The van der Waals surface area contributed by atoms with E-state index in [9.17, 15) is 0 Å². The van der Waals surface area contributed by atoms with Gasteiger partial charge in [-0.15, -0.1) is 0 Å². The average Bonchev–Trinajstić information content (AvgIpc) is 2.03. The summed E-state index contributed by atoms with van der Waals surface area (Å²) in [6.45, 7) is 12.9. The van der Waals surface area contributed by atoms with Crippen LogP contribution in [0.1, 0.15) is 20.8 Å². The van der Waals surface area contributed by atoms with E-state index in [-0.39, 0.29) is 0 Å². The summed E-state index contributed by atoms with van der Waals surface area (Å²) in [5.41, 5.74) is 0. The molecule has 1 saturated heterocycles. The first-order valence-corrected chi connectivity index (χ1v) is 5.78. The Bertz CT molecular complexity index is 134. The number of likely N-dealkylation sites (N-methyl/N-ethyl adjacent to an activating group) is 1. The highest BCUT2D eigenvalue weighted by Gasteiger charge is 2.26. The topological polar surface area (TPSA) is 6.48 Å². The fraction of sp³-hybridized carbons (Fsp3) is 1.00. The molecule has 0 N–H and O–H groups in total. The lowest BCUT2D eigenvalue weighted by molar-refractivity contribution is 0.106. The second-order valence-corrected chi connectivity index (χ2v) is 6.47. The number of piperazine rings is 1. The molecule has 1 aliphatic rings. The van der Waals surface area contributed by atoms with Gasteiger partial charge in [0.1, 0.15) is 0 Å². The summed E-state index contributed by atoms with van der Waals surface area (Å²) < 4.78 is 0.331. The van der Waals surface area contributed by atoms with Crippen LogP contribution in [-0.2, 0) is 0 Å². The minimum absolute atomic E-state index is 0.331. The standard InChI is InChI=1S/C9H19IN2/c1-4-11-5-7-12(8-6-11)9(2,3)10/h4-8H2,1-3H3. The SMILES string of the molecule is CCN1CCN(C(C)(C)I)CC1. The molecular formula is C9H19IN2. The van der Waals surface area contributed by atoms with Crippen LogP contribution in [0.4, 0.5) is 0 Å². The monoisotopic (exact) mass is 282 g/mol. The van der Waals surface area contributed by atoms with Crippen LogP contribution in [0.3, 0.4) is 0 Å². The molecule has 0 aromatic heterocycles. The first kappa shape index (κ1) is 10.7. The molecule has 1 fully saturated rings. The van der Waals surface area contributed by atoms with Gasteiger partial charge in [-0.2, -0.15) is 0 Å². The fourth-order valence-electron chi connectivity index (χ4n) is 1.60. The Balaban J connectivity index is 2.36. The van der Waals surface area contributed by atoms with E-state index < -0.39 is 0 Å². The van der Waals surface area contributed by atoms with Crippen LogP contribution in [0.15, 0.2) is 0 Å². The highest BCUT2D eigenvalue weighted by Crippen LogP contribution is 2.23. The zero-order valence-electron chi connectivity index (χ0n) is 8.31. The Hall–Kier alpha value is 0.650. The Morgan fingerprint density at radius 3 is 2.00 bits per heavy atom. The largest absolute Gasteiger partial charge is 0.301 e. The van der Waals surface area contributed by atoms with E-state index in [4.69, 9.17) is 0 Å². The second kappa shape index (κ2) is 4.24. The molecule has 0 unspecified atom stereocenters. The molecule has 0 aromatic rings. The third-order valence-corrected chi connectivity index (χ3v) is 3.25. The number of alkyl halides is 1. The first-order chi connectivity index (χ1) is 5.54. The molecule has 1 heterocycles. The van der Waals surface area contributed by atoms with Crippen LogP contribution < -0.4 is 0 Å². The Morgan fingerprint density at radius 1 is 1.17 bits per heavy atom. The number of nitrogens with zero attached hydrogens (tertiary/aromatic N) is 2. The summed E-state index contributed by atoms with van der Waals surface area (Å²) in [5, 5.41) is 0. The van der Waals surface area contributed by atoms with Crippen LogP contribution in [0.5, 0.6) is 0 Å². The first-order valence-electron chi connectivity index (χ1n) is 4.70. The lowest BCUT2D eigenvalue weighted by Crippen LogP contribution is -2.51. The van der Waals surface area contributed by atoms with Gasteiger partial charge in [-0.1, -0.05) is 29.5 Å².